The van der Waals surface area contributed by atoms with Gasteiger partial charge in [0.15, 0.2) is 5.82 Å². The van der Waals surface area contributed by atoms with Crippen LogP contribution in [0.1, 0.15) is 21.9 Å². The van der Waals surface area contributed by atoms with Crippen LogP contribution in [0.2, 0.25) is 0 Å². The first-order valence-corrected chi connectivity index (χ1v) is 6.39. The molecule has 0 radical (unpaired) electrons. The molecule has 0 saturated heterocycles. The fourth-order valence-corrected chi connectivity index (χ4v) is 1.93. The monoisotopic (exact) mass is 290 g/mol. The van der Waals surface area contributed by atoms with E-state index in [1.807, 2.05) is 14.1 Å². The van der Waals surface area contributed by atoms with E-state index in [1.54, 1.807) is 24.8 Å². The van der Waals surface area contributed by atoms with Crippen LogP contribution in [0.15, 0.2) is 16.7 Å². The normalized spacial score (nSPS) is 10.3. The lowest BCUT2D eigenvalue weighted by Crippen LogP contribution is -2.18. The highest BCUT2D eigenvalue weighted by Crippen LogP contribution is 2.24. The van der Waals surface area contributed by atoms with E-state index in [0.717, 1.165) is 0 Å². The maximum Gasteiger partial charge on any atom is 0.318 e. The molecule has 1 amide bonds. The predicted octanol–water partition coefficient (Wildman–Crippen LogP) is 2.01. The second-order valence-electron chi connectivity index (χ2n) is 4.77. The molecule has 7 heteroatoms. The fraction of sp³-hybridized carbons (Fsp3) is 0.357. The van der Waals surface area contributed by atoms with E-state index in [2.05, 4.69) is 15.3 Å². The summed E-state index contributed by atoms with van der Waals surface area (Å²) in [6, 6.07) is 1.94. The fourth-order valence-electron chi connectivity index (χ4n) is 1.93. The molecule has 0 aromatic carbocycles. The SMILES string of the molecule is COc1ncc(NC(=O)c2cc(C)oc2C)c(N(C)C)n1. The third-order valence-electron chi connectivity index (χ3n) is 2.89. The van der Waals surface area contributed by atoms with Crippen LogP contribution in [0.25, 0.3) is 0 Å². The first kappa shape index (κ1) is 14.8. The van der Waals surface area contributed by atoms with Crippen molar-refractivity contribution in [2.75, 3.05) is 31.4 Å². The number of nitrogens with zero attached hydrogens (tertiary/aromatic N) is 3. The number of hydrogen-bond donors (Lipinski definition) is 1. The molecule has 0 aliphatic rings. The number of carbonyl (C=O) groups is 1. The first-order chi connectivity index (χ1) is 9.92. The quantitative estimate of drug-likeness (QED) is 0.927. The smallest absolute Gasteiger partial charge is 0.318 e. The molecule has 2 rings (SSSR count). The van der Waals surface area contributed by atoms with Crippen molar-refractivity contribution >= 4 is 17.4 Å². The minimum Gasteiger partial charge on any atom is -0.467 e. The maximum atomic E-state index is 12.3. The Morgan fingerprint density at radius 3 is 2.62 bits per heavy atom. The summed E-state index contributed by atoms with van der Waals surface area (Å²) < 4.78 is 10.4. The van der Waals surface area contributed by atoms with Gasteiger partial charge in [0.05, 0.1) is 18.9 Å². The van der Waals surface area contributed by atoms with E-state index in [0.29, 0.717) is 28.6 Å². The Balaban J connectivity index is 2.30. The second-order valence-corrected chi connectivity index (χ2v) is 4.77. The molecule has 0 atom stereocenters. The highest BCUT2D eigenvalue weighted by atomic mass is 16.5. The summed E-state index contributed by atoms with van der Waals surface area (Å²) >= 11 is 0. The molecular weight excluding hydrogens is 272 g/mol. The molecule has 1 N–H and O–H groups in total. The number of ether oxygens (including phenoxy) is 1. The summed E-state index contributed by atoms with van der Waals surface area (Å²) in [4.78, 5) is 22.3. The second kappa shape index (κ2) is 5.82. The van der Waals surface area contributed by atoms with Crippen LogP contribution < -0.4 is 15.0 Å². The highest BCUT2D eigenvalue weighted by molar-refractivity contribution is 6.06. The van der Waals surface area contributed by atoms with E-state index in [9.17, 15) is 4.79 Å². The number of furan rings is 1. The Morgan fingerprint density at radius 2 is 2.10 bits per heavy atom. The molecule has 112 valence electrons. The van der Waals surface area contributed by atoms with Gasteiger partial charge in [-0.25, -0.2) is 4.98 Å². The van der Waals surface area contributed by atoms with Gasteiger partial charge in [0.1, 0.15) is 17.2 Å². The van der Waals surface area contributed by atoms with E-state index in [1.165, 1.54) is 13.3 Å². The molecule has 0 unspecified atom stereocenters. The van der Waals surface area contributed by atoms with Crippen molar-refractivity contribution in [3.63, 3.8) is 0 Å². The maximum absolute atomic E-state index is 12.3. The predicted molar refractivity (Wildman–Crippen MR) is 79.0 cm³/mol. The summed E-state index contributed by atoms with van der Waals surface area (Å²) in [6.45, 7) is 3.55. The lowest BCUT2D eigenvalue weighted by Gasteiger charge is -2.16. The Labute approximate surface area is 122 Å². The molecule has 21 heavy (non-hydrogen) atoms. The number of amides is 1. The van der Waals surface area contributed by atoms with Gasteiger partial charge in [0, 0.05) is 14.1 Å². The van der Waals surface area contributed by atoms with Crippen molar-refractivity contribution in [2.24, 2.45) is 0 Å². The number of hydrogen-bond acceptors (Lipinski definition) is 6. The zero-order chi connectivity index (χ0) is 15.6. The number of nitrogens with one attached hydrogen (secondary N) is 1. The minimum atomic E-state index is -0.263. The van der Waals surface area contributed by atoms with Crippen LogP contribution in [0.5, 0.6) is 6.01 Å². The summed E-state index contributed by atoms with van der Waals surface area (Å²) in [5, 5.41) is 2.79. The van der Waals surface area contributed by atoms with Gasteiger partial charge >= 0.3 is 6.01 Å². The highest BCUT2D eigenvalue weighted by Gasteiger charge is 2.17. The Bertz CT molecular complexity index is 664. The van der Waals surface area contributed by atoms with E-state index >= 15 is 0 Å². The van der Waals surface area contributed by atoms with Gasteiger partial charge in [-0.15, -0.1) is 0 Å². The van der Waals surface area contributed by atoms with Gasteiger partial charge in [-0.1, -0.05) is 0 Å². The van der Waals surface area contributed by atoms with Crippen LogP contribution in [0.3, 0.4) is 0 Å². The third-order valence-corrected chi connectivity index (χ3v) is 2.89. The lowest BCUT2D eigenvalue weighted by molar-refractivity contribution is 0.102. The third kappa shape index (κ3) is 3.13. The van der Waals surface area contributed by atoms with Crippen molar-refractivity contribution in [3.8, 4) is 6.01 Å². The van der Waals surface area contributed by atoms with Crippen LogP contribution in [0, 0.1) is 13.8 Å². The van der Waals surface area contributed by atoms with Crippen LogP contribution in [-0.4, -0.2) is 37.1 Å². The number of aromatic nitrogens is 2. The van der Waals surface area contributed by atoms with Crippen LogP contribution >= 0.6 is 0 Å². The topological polar surface area (TPSA) is 80.5 Å². The molecule has 0 aliphatic heterocycles. The molecule has 7 nitrogen and oxygen atoms in total. The Hall–Kier alpha value is -2.57. The molecule has 0 spiro atoms. The summed E-state index contributed by atoms with van der Waals surface area (Å²) in [5.41, 5.74) is 0.997. The minimum absolute atomic E-state index is 0.243. The molecule has 2 aromatic heterocycles. The number of rotatable bonds is 4. The van der Waals surface area contributed by atoms with Crippen molar-refractivity contribution in [1.29, 1.82) is 0 Å². The van der Waals surface area contributed by atoms with Crippen molar-refractivity contribution < 1.29 is 13.9 Å². The average Bonchev–Trinajstić information content (AvgIpc) is 2.78. The molecule has 0 fully saturated rings. The number of carbonyl (C=O) groups excluding carboxylic acids is 1. The molecule has 2 aromatic rings. The van der Waals surface area contributed by atoms with Crippen molar-refractivity contribution in [3.05, 3.63) is 29.3 Å². The molecule has 2 heterocycles. The van der Waals surface area contributed by atoms with Crippen molar-refractivity contribution in [1.82, 2.24) is 9.97 Å². The van der Waals surface area contributed by atoms with Gasteiger partial charge in [-0.2, -0.15) is 4.98 Å². The van der Waals surface area contributed by atoms with E-state index < -0.39 is 0 Å². The summed E-state index contributed by atoms with van der Waals surface area (Å²) in [7, 11) is 5.14. The zero-order valence-corrected chi connectivity index (χ0v) is 12.7. The molecule has 0 aliphatic carbocycles. The summed E-state index contributed by atoms with van der Waals surface area (Å²) in [5.74, 6) is 1.57. The number of anilines is 2. The molecular formula is C14H18N4O3. The standard InChI is InChI=1S/C14H18N4O3/c1-8-6-10(9(2)21-8)13(19)16-11-7-15-14(20-5)17-12(11)18(3)4/h6-7H,1-5H3,(H,16,19). The number of aryl methyl sites for hydroxylation is 2. The Morgan fingerprint density at radius 1 is 1.38 bits per heavy atom. The van der Waals surface area contributed by atoms with Gasteiger partial charge < -0.3 is 19.4 Å². The van der Waals surface area contributed by atoms with Crippen LogP contribution in [0.4, 0.5) is 11.5 Å². The largest absolute Gasteiger partial charge is 0.467 e. The Kier molecular flexibility index (Phi) is 4.11. The van der Waals surface area contributed by atoms with Gasteiger partial charge in [-0.3, -0.25) is 4.79 Å². The molecule has 0 bridgehead atoms. The zero-order valence-electron chi connectivity index (χ0n) is 12.7. The lowest BCUT2D eigenvalue weighted by atomic mass is 10.2. The first-order valence-electron chi connectivity index (χ1n) is 6.39. The summed E-state index contributed by atoms with van der Waals surface area (Å²) in [6.07, 6.45) is 1.52. The number of methoxy groups -OCH3 is 1. The molecule has 0 saturated carbocycles. The van der Waals surface area contributed by atoms with Gasteiger partial charge in [0.25, 0.3) is 5.91 Å². The van der Waals surface area contributed by atoms with E-state index in [-0.39, 0.29) is 11.9 Å². The van der Waals surface area contributed by atoms with Gasteiger partial charge in [0.2, 0.25) is 0 Å². The average molecular weight is 290 g/mol. The van der Waals surface area contributed by atoms with Gasteiger partial charge in [-0.05, 0) is 19.9 Å². The van der Waals surface area contributed by atoms with Crippen molar-refractivity contribution in [2.45, 2.75) is 13.8 Å². The van der Waals surface area contributed by atoms with E-state index in [4.69, 9.17) is 9.15 Å². The van der Waals surface area contributed by atoms with Crippen LogP contribution in [-0.2, 0) is 0 Å².